The highest BCUT2D eigenvalue weighted by Gasteiger charge is 2.21. The predicted octanol–water partition coefficient (Wildman–Crippen LogP) is 4.53. The molecule has 1 fully saturated rings. The smallest absolute Gasteiger partial charge is 0.129 e. The number of aliphatic hydroxyl groups is 1. The first-order valence-corrected chi connectivity index (χ1v) is 12.0. The van der Waals surface area contributed by atoms with E-state index in [4.69, 9.17) is 9.72 Å². The van der Waals surface area contributed by atoms with E-state index >= 15 is 0 Å². The molecule has 1 N–H and O–H groups in total. The number of para-hydroxylation sites is 2. The van der Waals surface area contributed by atoms with Gasteiger partial charge in [-0.25, -0.2) is 4.98 Å². The highest BCUT2D eigenvalue weighted by atomic mass is 32.1. The zero-order chi connectivity index (χ0) is 21.8. The van der Waals surface area contributed by atoms with Crippen LogP contribution in [0.25, 0.3) is 22.0 Å². The molecule has 32 heavy (non-hydrogen) atoms. The van der Waals surface area contributed by atoms with Crippen LogP contribution in [-0.2, 0) is 0 Å². The number of hydrogen-bond donors (Lipinski definition) is 1. The summed E-state index contributed by atoms with van der Waals surface area (Å²) in [4.78, 5) is 9.69. The Balaban J connectivity index is 1.20. The molecule has 5 rings (SSSR count). The normalized spacial score (nSPS) is 15.7. The van der Waals surface area contributed by atoms with Crippen LogP contribution < -0.4 is 9.64 Å². The maximum Gasteiger partial charge on any atom is 0.129 e. The first-order chi connectivity index (χ1) is 15.8. The number of nitrogens with zero attached hydrogens (tertiary/aromatic N) is 3. The standard InChI is InChI=1S/C26H27N3O2S/c30-22(18-31-23-6-2-1-3-7-23)17-28-12-14-29(15-13-28)25-10-9-20-5-4-8-24(26(20)27-25)21-11-16-32-19-21/h1-11,16,19,22,30H,12-15,17-18H2. The lowest BCUT2D eigenvalue weighted by molar-refractivity contribution is 0.0662. The maximum atomic E-state index is 10.4. The topological polar surface area (TPSA) is 48.8 Å². The van der Waals surface area contributed by atoms with Gasteiger partial charge >= 0.3 is 0 Å². The zero-order valence-electron chi connectivity index (χ0n) is 17.9. The third kappa shape index (κ3) is 4.78. The molecule has 0 radical (unpaired) electrons. The molecule has 0 saturated carbocycles. The molecule has 1 atom stereocenters. The third-order valence-corrected chi connectivity index (χ3v) is 6.57. The van der Waals surface area contributed by atoms with Crippen molar-refractivity contribution < 1.29 is 9.84 Å². The van der Waals surface area contributed by atoms with E-state index in [2.05, 4.69) is 57.0 Å². The van der Waals surface area contributed by atoms with Crippen LogP contribution in [0.4, 0.5) is 5.82 Å². The Morgan fingerprint density at radius 3 is 2.56 bits per heavy atom. The Morgan fingerprint density at radius 1 is 0.938 bits per heavy atom. The fourth-order valence-electron chi connectivity index (χ4n) is 4.18. The number of thiophene rings is 1. The number of aliphatic hydroxyl groups excluding tert-OH is 1. The fraction of sp³-hybridized carbons (Fsp3) is 0.269. The molecule has 3 heterocycles. The molecule has 5 nitrogen and oxygen atoms in total. The first kappa shape index (κ1) is 20.9. The van der Waals surface area contributed by atoms with Gasteiger partial charge in [0.15, 0.2) is 0 Å². The molecule has 2 aromatic carbocycles. The summed E-state index contributed by atoms with van der Waals surface area (Å²) in [6.07, 6.45) is -0.506. The van der Waals surface area contributed by atoms with Gasteiger partial charge in [-0.05, 0) is 46.7 Å². The summed E-state index contributed by atoms with van der Waals surface area (Å²) in [6.45, 7) is 4.51. The molecular formula is C26H27N3O2S. The van der Waals surface area contributed by atoms with Gasteiger partial charge in [0.1, 0.15) is 24.3 Å². The van der Waals surface area contributed by atoms with Crippen LogP contribution in [0, 0.1) is 0 Å². The average molecular weight is 446 g/mol. The molecule has 0 amide bonds. The summed E-state index contributed by atoms with van der Waals surface area (Å²) in [6, 6.07) is 22.5. The molecule has 1 saturated heterocycles. The van der Waals surface area contributed by atoms with Crippen molar-refractivity contribution in [3.8, 4) is 16.9 Å². The minimum absolute atomic E-state index is 0.307. The molecule has 1 aliphatic heterocycles. The second kappa shape index (κ2) is 9.69. The number of anilines is 1. The summed E-state index contributed by atoms with van der Waals surface area (Å²) in [5, 5.41) is 15.8. The Morgan fingerprint density at radius 2 is 1.78 bits per heavy atom. The van der Waals surface area contributed by atoms with E-state index in [1.165, 1.54) is 11.1 Å². The number of hydrogen-bond acceptors (Lipinski definition) is 6. The van der Waals surface area contributed by atoms with Crippen LogP contribution in [0.5, 0.6) is 5.75 Å². The Bertz CT molecular complexity index is 1140. The molecule has 4 aromatic rings. The Labute approximate surface area is 192 Å². The summed E-state index contributed by atoms with van der Waals surface area (Å²) < 4.78 is 5.69. The quantitative estimate of drug-likeness (QED) is 0.453. The van der Waals surface area contributed by atoms with Crippen molar-refractivity contribution >= 4 is 28.1 Å². The van der Waals surface area contributed by atoms with E-state index in [-0.39, 0.29) is 0 Å². The molecule has 2 aromatic heterocycles. The Hall–Kier alpha value is -2.93. The number of rotatable bonds is 7. The number of benzene rings is 2. The van der Waals surface area contributed by atoms with Crippen LogP contribution in [0.2, 0.25) is 0 Å². The molecule has 0 spiro atoms. The number of piperazine rings is 1. The molecular weight excluding hydrogens is 418 g/mol. The fourth-order valence-corrected chi connectivity index (χ4v) is 4.84. The van der Waals surface area contributed by atoms with Crippen LogP contribution in [0.3, 0.4) is 0 Å². The van der Waals surface area contributed by atoms with E-state index in [9.17, 15) is 5.11 Å². The van der Waals surface area contributed by atoms with Crippen LogP contribution in [0.15, 0.2) is 77.5 Å². The van der Waals surface area contributed by atoms with Gasteiger partial charge < -0.3 is 14.7 Å². The van der Waals surface area contributed by atoms with Crippen molar-refractivity contribution in [1.82, 2.24) is 9.88 Å². The summed E-state index contributed by atoms with van der Waals surface area (Å²) in [7, 11) is 0. The summed E-state index contributed by atoms with van der Waals surface area (Å²) in [5.41, 5.74) is 3.46. The summed E-state index contributed by atoms with van der Waals surface area (Å²) >= 11 is 1.71. The van der Waals surface area contributed by atoms with Crippen LogP contribution in [0.1, 0.15) is 0 Å². The molecule has 0 bridgehead atoms. The van der Waals surface area contributed by atoms with Crippen molar-refractivity contribution in [2.75, 3.05) is 44.2 Å². The third-order valence-electron chi connectivity index (χ3n) is 5.89. The highest BCUT2D eigenvalue weighted by Crippen LogP contribution is 2.30. The monoisotopic (exact) mass is 445 g/mol. The number of aromatic nitrogens is 1. The lowest BCUT2D eigenvalue weighted by atomic mass is 10.0. The first-order valence-electron chi connectivity index (χ1n) is 11.0. The van der Waals surface area contributed by atoms with Crippen molar-refractivity contribution in [2.24, 2.45) is 0 Å². The lowest BCUT2D eigenvalue weighted by Crippen LogP contribution is -2.49. The van der Waals surface area contributed by atoms with E-state index in [1.807, 2.05) is 30.3 Å². The van der Waals surface area contributed by atoms with Crippen LogP contribution in [-0.4, -0.2) is 60.4 Å². The minimum Gasteiger partial charge on any atom is -0.491 e. The van der Waals surface area contributed by atoms with E-state index in [0.717, 1.165) is 48.6 Å². The van der Waals surface area contributed by atoms with Crippen molar-refractivity contribution in [3.63, 3.8) is 0 Å². The molecule has 1 aliphatic rings. The van der Waals surface area contributed by atoms with Gasteiger partial charge in [0, 0.05) is 43.7 Å². The van der Waals surface area contributed by atoms with Gasteiger partial charge in [0.2, 0.25) is 0 Å². The minimum atomic E-state index is -0.506. The van der Waals surface area contributed by atoms with E-state index in [1.54, 1.807) is 11.3 Å². The Kier molecular flexibility index (Phi) is 6.34. The van der Waals surface area contributed by atoms with E-state index in [0.29, 0.717) is 13.2 Å². The van der Waals surface area contributed by atoms with Gasteiger partial charge in [-0.1, -0.05) is 36.4 Å². The second-order valence-corrected chi connectivity index (χ2v) is 8.90. The second-order valence-electron chi connectivity index (χ2n) is 8.12. The van der Waals surface area contributed by atoms with Gasteiger partial charge in [-0.3, -0.25) is 4.90 Å². The maximum absolute atomic E-state index is 10.4. The molecule has 6 heteroatoms. The zero-order valence-corrected chi connectivity index (χ0v) is 18.7. The van der Waals surface area contributed by atoms with E-state index < -0.39 is 6.10 Å². The molecule has 0 aliphatic carbocycles. The lowest BCUT2D eigenvalue weighted by Gasteiger charge is -2.36. The number of β-amino-alcohol motifs (C(OH)–C–C–N with tert-alkyl or cyclic N) is 1. The van der Waals surface area contributed by atoms with Crippen molar-refractivity contribution in [1.29, 1.82) is 0 Å². The average Bonchev–Trinajstić information content (AvgIpc) is 3.38. The predicted molar refractivity (Wildman–Crippen MR) is 132 cm³/mol. The number of pyridine rings is 1. The molecule has 164 valence electrons. The largest absolute Gasteiger partial charge is 0.491 e. The highest BCUT2D eigenvalue weighted by molar-refractivity contribution is 7.08. The summed E-state index contributed by atoms with van der Waals surface area (Å²) in [5.74, 6) is 1.81. The number of ether oxygens (including phenoxy) is 1. The van der Waals surface area contributed by atoms with Crippen LogP contribution >= 0.6 is 11.3 Å². The van der Waals surface area contributed by atoms with Gasteiger partial charge in [-0.2, -0.15) is 11.3 Å². The van der Waals surface area contributed by atoms with Crippen molar-refractivity contribution in [2.45, 2.75) is 6.10 Å². The van der Waals surface area contributed by atoms with Gasteiger partial charge in [0.05, 0.1) is 5.52 Å². The van der Waals surface area contributed by atoms with Gasteiger partial charge in [-0.15, -0.1) is 0 Å². The van der Waals surface area contributed by atoms with Crippen molar-refractivity contribution in [3.05, 3.63) is 77.5 Å². The van der Waals surface area contributed by atoms with Gasteiger partial charge in [0.25, 0.3) is 0 Å². The number of fused-ring (bicyclic) bond motifs is 1. The molecule has 1 unspecified atom stereocenters. The SMILES string of the molecule is OC(COc1ccccc1)CN1CCN(c2ccc3cccc(-c4ccsc4)c3n2)CC1.